The highest BCUT2D eigenvalue weighted by Gasteiger charge is 2.19. The summed E-state index contributed by atoms with van der Waals surface area (Å²) in [6.45, 7) is 3.35. The molecule has 36 heavy (non-hydrogen) atoms. The van der Waals surface area contributed by atoms with Crippen molar-refractivity contribution in [3.05, 3.63) is 95.7 Å². The van der Waals surface area contributed by atoms with E-state index in [1.54, 1.807) is 14.2 Å². The smallest absolute Gasteiger partial charge is 0.118 e. The average molecular weight is 485 g/mol. The van der Waals surface area contributed by atoms with Crippen LogP contribution in [0.5, 0.6) is 11.5 Å². The zero-order valence-corrected chi connectivity index (χ0v) is 21.9. The molecule has 1 N–H and O–H groups in total. The Morgan fingerprint density at radius 2 is 1.42 bits per heavy atom. The number of likely N-dealkylation sites (N-methyl/N-ethyl adjacent to an activating group) is 1. The van der Waals surface area contributed by atoms with E-state index in [-0.39, 0.29) is 0 Å². The van der Waals surface area contributed by atoms with Crippen LogP contribution in [-0.4, -0.2) is 55.5 Å². The van der Waals surface area contributed by atoms with E-state index < -0.39 is 6.10 Å². The van der Waals surface area contributed by atoms with Crippen molar-refractivity contribution in [2.24, 2.45) is 0 Å². The van der Waals surface area contributed by atoms with Crippen LogP contribution in [0.2, 0.25) is 0 Å². The topological polar surface area (TPSA) is 46.9 Å². The number of rotatable bonds is 10. The molecule has 5 nitrogen and oxygen atoms in total. The number of hydrogen-bond acceptors (Lipinski definition) is 4. The van der Waals surface area contributed by atoms with E-state index in [4.69, 9.17) is 9.47 Å². The van der Waals surface area contributed by atoms with Crippen molar-refractivity contribution in [1.29, 1.82) is 0 Å². The largest absolute Gasteiger partial charge is 0.497 e. The van der Waals surface area contributed by atoms with E-state index in [1.807, 2.05) is 43.3 Å². The van der Waals surface area contributed by atoms with E-state index in [0.29, 0.717) is 13.1 Å². The van der Waals surface area contributed by atoms with Gasteiger partial charge in [0, 0.05) is 35.8 Å². The molecule has 1 atom stereocenters. The molecular weight excluding hydrogens is 448 g/mol. The minimum atomic E-state index is -0.458. The highest BCUT2D eigenvalue weighted by atomic mass is 16.5. The molecule has 0 aliphatic carbocycles. The van der Waals surface area contributed by atoms with Gasteiger partial charge in [-0.25, -0.2) is 0 Å². The SMILES string of the molecule is CCC(=C(c1ccc(OC)cc1)c1ccc(OC)cc1)c1cn(CC(O)CN(C)C)c2ccccc12. The van der Waals surface area contributed by atoms with Gasteiger partial charge in [0.1, 0.15) is 11.5 Å². The Kier molecular flexibility index (Phi) is 8.14. The summed E-state index contributed by atoms with van der Waals surface area (Å²) in [6, 6.07) is 25.0. The van der Waals surface area contributed by atoms with Gasteiger partial charge in [-0.3, -0.25) is 0 Å². The lowest BCUT2D eigenvalue weighted by Crippen LogP contribution is -2.29. The Balaban J connectivity index is 1.93. The molecule has 4 rings (SSSR count). The molecule has 1 unspecified atom stereocenters. The molecule has 4 aromatic rings. The molecule has 0 spiro atoms. The summed E-state index contributed by atoms with van der Waals surface area (Å²) < 4.78 is 13.0. The quantitative estimate of drug-likeness (QED) is 0.302. The minimum Gasteiger partial charge on any atom is -0.497 e. The fourth-order valence-electron chi connectivity index (χ4n) is 4.88. The van der Waals surface area contributed by atoms with Crippen molar-refractivity contribution in [3.63, 3.8) is 0 Å². The number of ether oxygens (including phenoxy) is 2. The maximum absolute atomic E-state index is 10.7. The number of para-hydroxylation sites is 1. The first-order chi connectivity index (χ1) is 17.4. The van der Waals surface area contributed by atoms with Crippen LogP contribution in [0.1, 0.15) is 30.0 Å². The molecule has 0 aliphatic heterocycles. The third kappa shape index (κ3) is 5.48. The van der Waals surface area contributed by atoms with Crippen molar-refractivity contribution in [3.8, 4) is 11.5 Å². The van der Waals surface area contributed by atoms with Gasteiger partial charge in [0.25, 0.3) is 0 Å². The lowest BCUT2D eigenvalue weighted by atomic mass is 9.88. The molecule has 0 saturated heterocycles. The van der Waals surface area contributed by atoms with Crippen molar-refractivity contribution < 1.29 is 14.6 Å². The number of aromatic nitrogens is 1. The molecular formula is C31H36N2O3. The molecule has 188 valence electrons. The Hall–Kier alpha value is -3.54. The predicted molar refractivity (Wildman–Crippen MR) is 149 cm³/mol. The van der Waals surface area contributed by atoms with E-state index in [2.05, 4.69) is 66.2 Å². The lowest BCUT2D eigenvalue weighted by molar-refractivity contribution is 0.121. The van der Waals surface area contributed by atoms with Gasteiger partial charge in [0.2, 0.25) is 0 Å². The normalized spacial score (nSPS) is 12.1. The van der Waals surface area contributed by atoms with Crippen LogP contribution < -0.4 is 9.47 Å². The first-order valence-electron chi connectivity index (χ1n) is 12.4. The summed E-state index contributed by atoms with van der Waals surface area (Å²) >= 11 is 0. The van der Waals surface area contributed by atoms with Crippen molar-refractivity contribution in [2.45, 2.75) is 26.0 Å². The number of fused-ring (bicyclic) bond motifs is 1. The van der Waals surface area contributed by atoms with Gasteiger partial charge in [-0.05, 0) is 73.1 Å². The fraction of sp³-hybridized carbons (Fsp3) is 0.290. The molecule has 0 saturated carbocycles. The Morgan fingerprint density at radius 1 is 0.861 bits per heavy atom. The number of hydrogen-bond donors (Lipinski definition) is 1. The van der Waals surface area contributed by atoms with Gasteiger partial charge >= 0.3 is 0 Å². The molecule has 5 heteroatoms. The fourth-order valence-corrected chi connectivity index (χ4v) is 4.88. The van der Waals surface area contributed by atoms with Crippen molar-refractivity contribution in [1.82, 2.24) is 9.47 Å². The van der Waals surface area contributed by atoms with Crippen LogP contribution >= 0.6 is 0 Å². The first-order valence-corrected chi connectivity index (χ1v) is 12.4. The lowest BCUT2D eigenvalue weighted by Gasteiger charge is -2.17. The van der Waals surface area contributed by atoms with Crippen molar-refractivity contribution >= 4 is 22.0 Å². The third-order valence-electron chi connectivity index (χ3n) is 6.51. The predicted octanol–water partition coefficient (Wildman–Crippen LogP) is 5.95. The number of allylic oxidation sites excluding steroid dienone is 1. The molecule has 0 amide bonds. The second kappa shape index (κ2) is 11.5. The van der Waals surface area contributed by atoms with Crippen LogP contribution in [0.15, 0.2) is 79.0 Å². The number of benzene rings is 3. The summed E-state index contributed by atoms with van der Waals surface area (Å²) in [5.41, 5.74) is 7.00. The highest BCUT2D eigenvalue weighted by Crippen LogP contribution is 2.39. The average Bonchev–Trinajstić information content (AvgIpc) is 3.24. The van der Waals surface area contributed by atoms with E-state index in [0.717, 1.165) is 34.6 Å². The van der Waals surface area contributed by atoms with Crippen LogP contribution in [0.25, 0.3) is 22.0 Å². The summed E-state index contributed by atoms with van der Waals surface area (Å²) in [5.74, 6) is 1.66. The van der Waals surface area contributed by atoms with Crippen LogP contribution in [0.3, 0.4) is 0 Å². The van der Waals surface area contributed by atoms with Gasteiger partial charge < -0.3 is 24.0 Å². The Morgan fingerprint density at radius 3 is 1.92 bits per heavy atom. The highest BCUT2D eigenvalue weighted by molar-refractivity contribution is 6.05. The number of aliphatic hydroxyl groups is 1. The molecule has 0 bridgehead atoms. The number of aliphatic hydroxyl groups excluding tert-OH is 1. The zero-order chi connectivity index (χ0) is 25.7. The molecule has 0 aliphatic rings. The summed E-state index contributed by atoms with van der Waals surface area (Å²) in [5, 5.41) is 11.9. The monoisotopic (exact) mass is 484 g/mol. The van der Waals surface area contributed by atoms with Crippen LogP contribution in [0.4, 0.5) is 0 Å². The van der Waals surface area contributed by atoms with Gasteiger partial charge in [0.05, 0.1) is 20.3 Å². The Bertz CT molecular complexity index is 1270. The minimum absolute atomic E-state index is 0.458. The van der Waals surface area contributed by atoms with Gasteiger partial charge in [-0.2, -0.15) is 0 Å². The van der Waals surface area contributed by atoms with Gasteiger partial charge in [-0.1, -0.05) is 49.4 Å². The molecule has 1 heterocycles. The maximum atomic E-state index is 10.7. The summed E-state index contributed by atoms with van der Waals surface area (Å²) in [4.78, 5) is 2.01. The number of methoxy groups -OCH3 is 2. The molecule has 0 radical (unpaired) electrons. The number of nitrogens with zero attached hydrogens (tertiary/aromatic N) is 2. The molecule has 3 aromatic carbocycles. The van der Waals surface area contributed by atoms with E-state index >= 15 is 0 Å². The van der Waals surface area contributed by atoms with Gasteiger partial charge in [0.15, 0.2) is 0 Å². The second-order valence-corrected chi connectivity index (χ2v) is 9.29. The first kappa shape index (κ1) is 25.5. The van der Waals surface area contributed by atoms with E-state index in [9.17, 15) is 5.11 Å². The second-order valence-electron chi connectivity index (χ2n) is 9.29. The third-order valence-corrected chi connectivity index (χ3v) is 6.51. The molecule has 1 aromatic heterocycles. The standard InChI is InChI=1S/C31H36N2O3/c1-6-27(29-21-33(20-24(34)19-32(2)3)30-10-8-7-9-28(29)30)31(22-11-15-25(35-4)16-12-22)23-13-17-26(36-5)18-14-23/h7-18,21,24,34H,6,19-20H2,1-5H3. The van der Waals surface area contributed by atoms with E-state index in [1.165, 1.54) is 22.1 Å². The summed E-state index contributed by atoms with van der Waals surface area (Å²) in [6.07, 6.45) is 2.59. The molecule has 0 fully saturated rings. The van der Waals surface area contributed by atoms with Crippen molar-refractivity contribution in [2.75, 3.05) is 34.9 Å². The van der Waals surface area contributed by atoms with Gasteiger partial charge in [-0.15, -0.1) is 0 Å². The Labute approximate surface area is 214 Å². The summed E-state index contributed by atoms with van der Waals surface area (Å²) in [7, 11) is 7.34. The zero-order valence-electron chi connectivity index (χ0n) is 21.9. The maximum Gasteiger partial charge on any atom is 0.118 e. The van der Waals surface area contributed by atoms with Crippen LogP contribution in [-0.2, 0) is 6.54 Å². The van der Waals surface area contributed by atoms with Crippen LogP contribution in [0, 0.1) is 0 Å².